The number of nitrogens with one attached hydrogen (secondary N) is 2. The minimum absolute atomic E-state index is 0.00404. The second kappa shape index (κ2) is 7.51. The normalized spacial score (nSPS) is 20.8. The number of amides is 1. The predicted molar refractivity (Wildman–Crippen MR) is 94.8 cm³/mol. The molecule has 1 aromatic heterocycles. The number of para-hydroxylation sites is 1. The van der Waals surface area contributed by atoms with E-state index in [0.717, 1.165) is 25.3 Å². The summed E-state index contributed by atoms with van der Waals surface area (Å²) in [6.45, 7) is 1.80. The maximum Gasteiger partial charge on any atom is 0.433 e. The number of nitrogens with zero attached hydrogens (tertiary/aromatic N) is 1. The third-order valence-electron chi connectivity index (χ3n) is 4.73. The van der Waals surface area contributed by atoms with Crippen LogP contribution in [0.3, 0.4) is 0 Å². The number of rotatable bonds is 4. The van der Waals surface area contributed by atoms with Gasteiger partial charge in [0, 0.05) is 29.6 Å². The lowest BCUT2D eigenvalue weighted by atomic mass is 9.90. The van der Waals surface area contributed by atoms with E-state index < -0.39 is 11.9 Å². The van der Waals surface area contributed by atoms with Gasteiger partial charge >= 0.3 is 6.18 Å². The number of benzene rings is 1. The summed E-state index contributed by atoms with van der Waals surface area (Å²) in [4.78, 5) is 15.4. The Hall–Kier alpha value is -2.31. The van der Waals surface area contributed by atoms with Crippen molar-refractivity contribution < 1.29 is 18.0 Å². The van der Waals surface area contributed by atoms with E-state index in [2.05, 4.69) is 15.6 Å². The number of hydrogen-bond donors (Lipinski definition) is 2. The zero-order valence-corrected chi connectivity index (χ0v) is 14.6. The lowest BCUT2D eigenvalue weighted by Crippen LogP contribution is -2.41. The molecule has 7 heteroatoms. The Kier molecular flexibility index (Phi) is 5.34. The number of halogens is 3. The Labute approximate surface area is 150 Å². The van der Waals surface area contributed by atoms with Gasteiger partial charge in [-0.3, -0.25) is 4.79 Å². The highest BCUT2D eigenvalue weighted by atomic mass is 19.4. The van der Waals surface area contributed by atoms with Gasteiger partial charge in [0.1, 0.15) is 5.69 Å². The second-order valence-electron chi connectivity index (χ2n) is 6.70. The van der Waals surface area contributed by atoms with Crippen LogP contribution >= 0.6 is 0 Å². The Morgan fingerprint density at radius 1 is 1.23 bits per heavy atom. The zero-order chi connectivity index (χ0) is 18.7. The first kappa shape index (κ1) is 18.5. The van der Waals surface area contributed by atoms with E-state index in [1.54, 1.807) is 31.2 Å². The molecule has 1 aliphatic rings. The smallest absolute Gasteiger partial charge is 0.382 e. The topological polar surface area (TPSA) is 54.0 Å². The lowest BCUT2D eigenvalue weighted by Gasteiger charge is -2.31. The Morgan fingerprint density at radius 3 is 2.69 bits per heavy atom. The molecule has 0 bridgehead atoms. The van der Waals surface area contributed by atoms with E-state index in [0.29, 0.717) is 29.4 Å². The van der Waals surface area contributed by atoms with Crippen molar-refractivity contribution in [3.8, 4) is 0 Å². The van der Waals surface area contributed by atoms with Crippen LogP contribution in [0.2, 0.25) is 0 Å². The van der Waals surface area contributed by atoms with Crippen molar-refractivity contribution in [1.29, 1.82) is 0 Å². The number of pyridine rings is 1. The molecular formula is C19H22F3N3O. The average Bonchev–Trinajstić information content (AvgIpc) is 2.61. The minimum atomic E-state index is -4.50. The Balaban J connectivity index is 1.84. The van der Waals surface area contributed by atoms with Crippen molar-refractivity contribution >= 4 is 22.5 Å². The molecule has 2 aromatic rings. The molecule has 0 saturated heterocycles. The molecule has 1 saturated carbocycles. The maximum atomic E-state index is 13.2. The first-order valence-electron chi connectivity index (χ1n) is 8.89. The fourth-order valence-electron chi connectivity index (χ4n) is 3.44. The van der Waals surface area contributed by atoms with E-state index in [1.807, 2.05) is 0 Å². The molecule has 26 heavy (non-hydrogen) atoms. The molecule has 1 heterocycles. The monoisotopic (exact) mass is 365 g/mol. The molecule has 2 atom stereocenters. The third kappa shape index (κ3) is 4.26. The lowest BCUT2D eigenvalue weighted by molar-refractivity contribution is -0.140. The number of carbonyl (C=O) groups is 1. The molecule has 140 valence electrons. The fourth-order valence-corrected chi connectivity index (χ4v) is 3.44. The molecule has 1 amide bonds. The van der Waals surface area contributed by atoms with Gasteiger partial charge < -0.3 is 10.6 Å². The molecule has 1 fully saturated rings. The van der Waals surface area contributed by atoms with Gasteiger partial charge in [-0.2, -0.15) is 13.2 Å². The van der Waals surface area contributed by atoms with Crippen LogP contribution in [-0.4, -0.2) is 23.0 Å². The van der Waals surface area contributed by atoms with Crippen molar-refractivity contribution in [2.75, 3.05) is 5.32 Å². The first-order valence-corrected chi connectivity index (χ1v) is 8.89. The van der Waals surface area contributed by atoms with Gasteiger partial charge in [-0.15, -0.1) is 0 Å². The van der Waals surface area contributed by atoms with Gasteiger partial charge in [0.2, 0.25) is 5.91 Å². The standard InChI is InChI=1S/C19H22F3N3O/c1-2-18(26)24-13-7-5-6-12(10-13)23-16-11-17(19(20,21)22)25-15-9-4-3-8-14(15)16/h3-4,8-9,11-13H,2,5-7,10H2,1H3,(H,23,25)(H,24,26)/t12-,13+/m0/s1. The summed E-state index contributed by atoms with van der Waals surface area (Å²) in [5.41, 5.74) is -0.141. The first-order chi connectivity index (χ1) is 12.4. The van der Waals surface area contributed by atoms with Gasteiger partial charge in [-0.25, -0.2) is 4.98 Å². The van der Waals surface area contributed by atoms with Crippen molar-refractivity contribution in [3.63, 3.8) is 0 Å². The number of fused-ring (bicyclic) bond motifs is 1. The van der Waals surface area contributed by atoms with Crippen LogP contribution in [0.25, 0.3) is 10.9 Å². The Morgan fingerprint density at radius 2 is 1.96 bits per heavy atom. The van der Waals surface area contributed by atoms with Crippen molar-refractivity contribution in [2.24, 2.45) is 0 Å². The van der Waals surface area contributed by atoms with Gasteiger partial charge in [0.05, 0.1) is 5.52 Å². The van der Waals surface area contributed by atoms with E-state index in [1.165, 1.54) is 0 Å². The SMILES string of the molecule is CCC(=O)N[C@@H]1CCC[C@H](Nc2cc(C(F)(F)F)nc3ccccc23)C1. The van der Waals surface area contributed by atoms with E-state index in [4.69, 9.17) is 0 Å². The minimum Gasteiger partial charge on any atom is -0.382 e. The number of hydrogen-bond acceptors (Lipinski definition) is 3. The summed E-state index contributed by atoms with van der Waals surface area (Å²) >= 11 is 0. The van der Waals surface area contributed by atoms with Crippen LogP contribution in [0.4, 0.5) is 18.9 Å². The molecule has 0 radical (unpaired) electrons. The van der Waals surface area contributed by atoms with Crippen molar-refractivity contribution in [1.82, 2.24) is 10.3 Å². The molecule has 0 spiro atoms. The van der Waals surface area contributed by atoms with E-state index in [9.17, 15) is 18.0 Å². The zero-order valence-electron chi connectivity index (χ0n) is 14.6. The number of anilines is 1. The molecule has 0 unspecified atom stereocenters. The summed E-state index contributed by atoms with van der Waals surface area (Å²) < 4.78 is 39.5. The highest BCUT2D eigenvalue weighted by Crippen LogP contribution is 2.34. The highest BCUT2D eigenvalue weighted by molar-refractivity contribution is 5.91. The average molecular weight is 365 g/mol. The maximum absolute atomic E-state index is 13.2. The fraction of sp³-hybridized carbons (Fsp3) is 0.474. The third-order valence-corrected chi connectivity index (χ3v) is 4.73. The van der Waals surface area contributed by atoms with Gasteiger partial charge in [0.25, 0.3) is 0 Å². The van der Waals surface area contributed by atoms with Crippen LogP contribution in [0.1, 0.15) is 44.7 Å². The van der Waals surface area contributed by atoms with Gasteiger partial charge in [0.15, 0.2) is 0 Å². The molecule has 1 aromatic carbocycles. The quantitative estimate of drug-likeness (QED) is 0.839. The number of alkyl halides is 3. The largest absolute Gasteiger partial charge is 0.433 e. The van der Waals surface area contributed by atoms with Crippen LogP contribution in [-0.2, 0) is 11.0 Å². The number of aromatic nitrogens is 1. The van der Waals surface area contributed by atoms with Crippen LogP contribution in [0.5, 0.6) is 0 Å². The van der Waals surface area contributed by atoms with Crippen LogP contribution < -0.4 is 10.6 Å². The van der Waals surface area contributed by atoms with Crippen LogP contribution in [0.15, 0.2) is 30.3 Å². The van der Waals surface area contributed by atoms with Gasteiger partial charge in [-0.1, -0.05) is 25.1 Å². The molecule has 4 nitrogen and oxygen atoms in total. The second-order valence-corrected chi connectivity index (χ2v) is 6.70. The summed E-state index contributed by atoms with van der Waals surface area (Å²) in [5, 5.41) is 6.92. The molecule has 1 aliphatic carbocycles. The number of carbonyl (C=O) groups excluding carboxylic acids is 1. The van der Waals surface area contributed by atoms with E-state index in [-0.39, 0.29) is 18.0 Å². The van der Waals surface area contributed by atoms with Crippen molar-refractivity contribution in [3.05, 3.63) is 36.0 Å². The summed E-state index contributed by atoms with van der Waals surface area (Å²) in [7, 11) is 0. The van der Waals surface area contributed by atoms with Crippen LogP contribution in [0, 0.1) is 0 Å². The van der Waals surface area contributed by atoms with Gasteiger partial charge in [-0.05, 0) is 37.8 Å². The van der Waals surface area contributed by atoms with E-state index >= 15 is 0 Å². The Bertz CT molecular complexity index is 791. The molecule has 2 N–H and O–H groups in total. The predicted octanol–water partition coefficient (Wildman–Crippen LogP) is 4.50. The summed E-state index contributed by atoms with van der Waals surface area (Å²) in [6, 6.07) is 7.97. The molecule has 0 aliphatic heterocycles. The van der Waals surface area contributed by atoms with Crippen molar-refractivity contribution in [2.45, 2.75) is 57.3 Å². The molecular weight excluding hydrogens is 343 g/mol. The molecule has 3 rings (SSSR count). The summed E-state index contributed by atoms with van der Waals surface area (Å²) in [6.07, 6.45) is -0.695. The highest BCUT2D eigenvalue weighted by Gasteiger charge is 2.33. The summed E-state index contributed by atoms with van der Waals surface area (Å²) in [5.74, 6) is 0.00404.